The molecule has 0 aromatic carbocycles. The summed E-state index contributed by atoms with van der Waals surface area (Å²) >= 11 is 1.73. The summed E-state index contributed by atoms with van der Waals surface area (Å²) in [5.74, 6) is 1.99. The number of aromatic nitrogens is 1. The predicted molar refractivity (Wildman–Crippen MR) is 101 cm³/mol. The van der Waals surface area contributed by atoms with Gasteiger partial charge in [0.15, 0.2) is 0 Å². The average Bonchev–Trinajstić information content (AvgIpc) is 2.59. The van der Waals surface area contributed by atoms with Crippen LogP contribution in [0.2, 0.25) is 0 Å². The van der Waals surface area contributed by atoms with Crippen molar-refractivity contribution in [1.82, 2.24) is 14.8 Å². The molecular weight excluding hydrogens is 322 g/mol. The number of carbonyl (C=O) groups excluding carboxylic acids is 1. The predicted octanol–water partition coefficient (Wildman–Crippen LogP) is 0.872. The molecule has 0 saturated carbocycles. The monoisotopic (exact) mass is 351 g/mol. The van der Waals surface area contributed by atoms with E-state index in [1.807, 2.05) is 31.4 Å². The zero-order chi connectivity index (χ0) is 17.5. The molecule has 1 aliphatic rings. The molecule has 6 nitrogen and oxygen atoms in total. The van der Waals surface area contributed by atoms with E-state index in [0.29, 0.717) is 13.1 Å². The van der Waals surface area contributed by atoms with Crippen molar-refractivity contribution in [2.24, 2.45) is 5.73 Å². The van der Waals surface area contributed by atoms with E-state index in [0.717, 1.165) is 37.6 Å². The van der Waals surface area contributed by atoms with Gasteiger partial charge in [-0.25, -0.2) is 4.98 Å². The summed E-state index contributed by atoms with van der Waals surface area (Å²) in [6.45, 7) is 3.94. The first-order valence-corrected chi connectivity index (χ1v) is 9.78. The molecule has 1 amide bonds. The van der Waals surface area contributed by atoms with Crippen LogP contribution >= 0.6 is 11.8 Å². The molecule has 0 aliphatic carbocycles. The van der Waals surface area contributed by atoms with Gasteiger partial charge in [-0.15, -0.1) is 0 Å². The minimum atomic E-state index is -0.368. The normalized spacial score (nSPS) is 16.5. The molecule has 134 valence electrons. The highest BCUT2D eigenvalue weighted by molar-refractivity contribution is 7.98. The van der Waals surface area contributed by atoms with E-state index < -0.39 is 0 Å². The molecule has 1 aromatic rings. The highest BCUT2D eigenvalue weighted by Gasteiger charge is 2.25. The number of pyridine rings is 1. The molecule has 2 N–H and O–H groups in total. The van der Waals surface area contributed by atoms with Crippen molar-refractivity contribution < 1.29 is 4.79 Å². The van der Waals surface area contributed by atoms with Gasteiger partial charge in [0.05, 0.1) is 6.04 Å². The molecule has 2 rings (SSSR count). The van der Waals surface area contributed by atoms with Gasteiger partial charge in [-0.05, 0) is 44.2 Å². The number of nitrogens with zero attached hydrogens (tertiary/aromatic N) is 4. The molecule has 1 aliphatic heterocycles. The number of rotatable bonds is 7. The lowest BCUT2D eigenvalue weighted by atomic mass is 10.2. The van der Waals surface area contributed by atoms with Gasteiger partial charge < -0.3 is 20.4 Å². The molecule has 24 heavy (non-hydrogen) atoms. The molecule has 0 radical (unpaired) electrons. The number of nitrogens with two attached hydrogens (primary N) is 1. The molecule has 7 heteroatoms. The zero-order valence-corrected chi connectivity index (χ0v) is 15.8. The quantitative estimate of drug-likeness (QED) is 0.786. The molecule has 1 aromatic heterocycles. The van der Waals surface area contributed by atoms with E-state index in [9.17, 15) is 4.79 Å². The number of carbonyl (C=O) groups is 1. The summed E-state index contributed by atoms with van der Waals surface area (Å²) in [5.41, 5.74) is 7.21. The van der Waals surface area contributed by atoms with Gasteiger partial charge in [0.25, 0.3) is 0 Å². The van der Waals surface area contributed by atoms with Crippen molar-refractivity contribution in [3.63, 3.8) is 0 Å². The standard InChI is InChI=1S/C17H29N5OS/c1-20(2)13-14-4-5-16(19-12-14)21-7-9-22(10-8-21)17(23)15(18)6-11-24-3/h4-5,12,15H,6-11,13,18H2,1-3H3. The lowest BCUT2D eigenvalue weighted by Gasteiger charge is -2.36. The Morgan fingerprint density at radius 3 is 2.58 bits per heavy atom. The molecule has 1 fully saturated rings. The van der Waals surface area contributed by atoms with E-state index >= 15 is 0 Å². The van der Waals surface area contributed by atoms with Crippen molar-refractivity contribution in [3.8, 4) is 0 Å². The van der Waals surface area contributed by atoms with Gasteiger partial charge in [-0.2, -0.15) is 11.8 Å². The Hall–Kier alpha value is -1.31. The number of thioether (sulfide) groups is 1. The summed E-state index contributed by atoms with van der Waals surface area (Å²) in [4.78, 5) is 23.2. The van der Waals surface area contributed by atoms with E-state index in [-0.39, 0.29) is 11.9 Å². The SMILES string of the molecule is CSCCC(N)C(=O)N1CCN(c2ccc(CN(C)C)cn2)CC1. The third kappa shape index (κ3) is 5.36. The van der Waals surface area contributed by atoms with Crippen LogP contribution in [0, 0.1) is 0 Å². The maximum atomic E-state index is 12.3. The molecule has 0 bridgehead atoms. The fourth-order valence-corrected chi connectivity index (χ4v) is 3.31. The summed E-state index contributed by atoms with van der Waals surface area (Å²) in [6.07, 6.45) is 4.72. The molecule has 1 unspecified atom stereocenters. The third-order valence-corrected chi connectivity index (χ3v) is 4.82. The van der Waals surface area contributed by atoms with Gasteiger partial charge in [0.2, 0.25) is 5.91 Å². The Kier molecular flexibility index (Phi) is 7.33. The number of hydrogen-bond donors (Lipinski definition) is 1. The van der Waals surface area contributed by atoms with Crippen LogP contribution in [0.4, 0.5) is 5.82 Å². The van der Waals surface area contributed by atoms with Gasteiger partial charge >= 0.3 is 0 Å². The highest BCUT2D eigenvalue weighted by atomic mass is 32.2. The van der Waals surface area contributed by atoms with Crippen molar-refractivity contribution in [1.29, 1.82) is 0 Å². The number of piperazine rings is 1. The van der Waals surface area contributed by atoms with Gasteiger partial charge in [0, 0.05) is 38.9 Å². The summed E-state index contributed by atoms with van der Waals surface area (Å²) < 4.78 is 0. The van der Waals surface area contributed by atoms with Crippen LogP contribution in [0.15, 0.2) is 18.3 Å². The van der Waals surface area contributed by atoms with E-state index in [2.05, 4.69) is 26.9 Å². The van der Waals surface area contributed by atoms with E-state index in [1.165, 1.54) is 5.56 Å². The second-order valence-corrected chi connectivity index (χ2v) is 7.45. The summed E-state index contributed by atoms with van der Waals surface area (Å²) in [7, 11) is 4.10. The first-order valence-electron chi connectivity index (χ1n) is 8.39. The van der Waals surface area contributed by atoms with Crippen LogP contribution in [-0.2, 0) is 11.3 Å². The summed E-state index contributed by atoms with van der Waals surface area (Å²) in [5, 5.41) is 0. The smallest absolute Gasteiger partial charge is 0.239 e. The molecular formula is C17H29N5OS. The lowest BCUT2D eigenvalue weighted by molar-refractivity contribution is -0.132. The van der Waals surface area contributed by atoms with E-state index in [1.54, 1.807) is 11.8 Å². The maximum absolute atomic E-state index is 12.3. The Balaban J connectivity index is 1.84. The minimum absolute atomic E-state index is 0.0815. The van der Waals surface area contributed by atoms with Crippen LogP contribution in [0.25, 0.3) is 0 Å². The summed E-state index contributed by atoms with van der Waals surface area (Å²) in [6, 6.07) is 3.83. The molecule has 0 spiro atoms. The average molecular weight is 352 g/mol. The Labute approximate surface area is 149 Å². The number of anilines is 1. The van der Waals surface area contributed by atoms with Crippen LogP contribution < -0.4 is 10.6 Å². The largest absolute Gasteiger partial charge is 0.353 e. The zero-order valence-electron chi connectivity index (χ0n) is 14.9. The van der Waals surface area contributed by atoms with Crippen LogP contribution in [0.5, 0.6) is 0 Å². The first kappa shape index (κ1) is 19.0. The van der Waals surface area contributed by atoms with Crippen molar-refractivity contribution in [3.05, 3.63) is 23.9 Å². The van der Waals surface area contributed by atoms with Gasteiger partial charge in [-0.3, -0.25) is 4.79 Å². The van der Waals surface area contributed by atoms with Gasteiger partial charge in [0.1, 0.15) is 5.82 Å². The minimum Gasteiger partial charge on any atom is -0.353 e. The van der Waals surface area contributed by atoms with Crippen molar-refractivity contribution >= 4 is 23.5 Å². The number of amides is 1. The van der Waals surface area contributed by atoms with E-state index in [4.69, 9.17) is 5.73 Å². The van der Waals surface area contributed by atoms with Crippen LogP contribution in [0.1, 0.15) is 12.0 Å². The Bertz CT molecular complexity index is 514. The fraction of sp³-hybridized carbons (Fsp3) is 0.647. The van der Waals surface area contributed by atoms with Crippen LogP contribution in [0.3, 0.4) is 0 Å². The van der Waals surface area contributed by atoms with Crippen molar-refractivity contribution in [2.45, 2.75) is 19.0 Å². The van der Waals surface area contributed by atoms with Crippen LogP contribution in [-0.4, -0.2) is 79.0 Å². The first-order chi connectivity index (χ1) is 11.5. The lowest BCUT2D eigenvalue weighted by Crippen LogP contribution is -2.53. The molecule has 1 atom stereocenters. The topological polar surface area (TPSA) is 65.7 Å². The number of hydrogen-bond acceptors (Lipinski definition) is 6. The fourth-order valence-electron chi connectivity index (χ4n) is 2.82. The Morgan fingerprint density at radius 1 is 1.33 bits per heavy atom. The maximum Gasteiger partial charge on any atom is 0.239 e. The second-order valence-electron chi connectivity index (χ2n) is 6.46. The Morgan fingerprint density at radius 2 is 2.04 bits per heavy atom. The third-order valence-electron chi connectivity index (χ3n) is 4.17. The van der Waals surface area contributed by atoms with Gasteiger partial charge in [-0.1, -0.05) is 6.07 Å². The molecule has 2 heterocycles. The molecule has 1 saturated heterocycles. The highest BCUT2D eigenvalue weighted by Crippen LogP contribution is 2.15. The second kappa shape index (κ2) is 9.25. The van der Waals surface area contributed by atoms with Crippen molar-refractivity contribution in [2.75, 3.05) is 57.2 Å².